The van der Waals surface area contributed by atoms with Crippen LogP contribution in [-0.4, -0.2) is 7.25 Å². The molecular weight excluding hydrogens is 257 g/mol. The summed E-state index contributed by atoms with van der Waals surface area (Å²) in [5.74, 6) is 0. The Labute approximate surface area is 68.6 Å². The molecule has 0 aliphatic rings. The number of hydrogen-bond donors (Lipinski definition) is 2. The Morgan fingerprint density at radius 3 is 1.55 bits per heavy atom. The van der Waals surface area contributed by atoms with E-state index in [0.29, 0.717) is 0 Å². The molecule has 0 spiro atoms. The van der Waals surface area contributed by atoms with Crippen molar-refractivity contribution in [2.45, 2.75) is 4.89 Å². The summed E-state index contributed by atoms with van der Waals surface area (Å²) in [7, 11) is -6.00. The van der Waals surface area contributed by atoms with Gasteiger partial charge in [0.2, 0.25) is 0 Å². The van der Waals surface area contributed by atoms with Crippen LogP contribution in [0.4, 0.5) is 17.3 Å². The number of halogens is 4. The second kappa shape index (κ2) is 6.80. The van der Waals surface area contributed by atoms with Crippen LogP contribution in [0.3, 0.4) is 0 Å². The molecule has 0 bridgehead atoms. The normalized spacial score (nSPS) is 11.3. The quantitative estimate of drug-likeness (QED) is 0.449. The Morgan fingerprint density at radius 2 is 1.55 bits per heavy atom. The fraction of sp³-hybridized carbons (Fsp3) is 0.333. The Hall–Kier alpha value is 0.107. The van der Waals surface area contributed by atoms with Gasteiger partial charge in [0, 0.05) is 0 Å². The standard InChI is InChI=1S/C3H5.BF4.2H2N.Pd/c1-3-2;2-1(3,4)5;;;/h3H,1-2H2;;2*1H2;/q;3*-1;+1. The summed E-state index contributed by atoms with van der Waals surface area (Å²) in [6.45, 7) is 3.47. The molecule has 0 aromatic carbocycles. The fourth-order valence-corrected chi connectivity index (χ4v) is 0.624. The molecule has 0 fully saturated rings. The van der Waals surface area contributed by atoms with Gasteiger partial charge in [-0.1, -0.05) is 0 Å². The molecule has 0 heterocycles. The monoisotopic (exact) mass is 266 g/mol. The van der Waals surface area contributed by atoms with E-state index in [1.165, 1.54) is 0 Å². The maximum absolute atomic E-state index is 9.75. The second-order valence-corrected chi connectivity index (χ2v) is 3.70. The number of hydrogen-bond acceptors (Lipinski definition) is 2. The van der Waals surface area contributed by atoms with Crippen LogP contribution < -0.4 is 8.73 Å². The Morgan fingerprint density at radius 1 is 1.27 bits per heavy atom. The third kappa shape index (κ3) is 68.8. The van der Waals surface area contributed by atoms with Crippen molar-refractivity contribution in [2.24, 2.45) is 8.73 Å². The number of allylic oxidation sites excluding steroid dienone is 1. The Bertz CT molecular complexity index is 100. The van der Waals surface area contributed by atoms with Crippen LogP contribution >= 0.6 is 0 Å². The third-order valence-electron chi connectivity index (χ3n) is 0.240. The molecule has 0 aliphatic carbocycles. The summed E-state index contributed by atoms with van der Waals surface area (Å²) >= 11 is -1.12. The summed E-state index contributed by atoms with van der Waals surface area (Å²) in [6.07, 6.45) is 1.75. The van der Waals surface area contributed by atoms with Crippen LogP contribution in [0.2, 0.25) is 4.89 Å². The molecule has 0 aromatic heterocycles. The number of nitrogens with two attached hydrogens (primary N) is 2. The molecule has 0 saturated heterocycles. The summed E-state index contributed by atoms with van der Waals surface area (Å²) in [4.78, 5) is 0.811. The molecule has 2 nitrogen and oxygen atoms in total. The van der Waals surface area contributed by atoms with Gasteiger partial charge in [-0.3, -0.25) is 0 Å². The second-order valence-electron chi connectivity index (χ2n) is 1.28. The van der Waals surface area contributed by atoms with Crippen molar-refractivity contribution in [1.82, 2.24) is 0 Å². The Balaban J connectivity index is 0. The van der Waals surface area contributed by atoms with Gasteiger partial charge in [-0.15, -0.1) is 0 Å². The third-order valence-corrected chi connectivity index (χ3v) is 1.42. The minimum Gasteiger partial charge on any atom is -0.418 e. The first-order chi connectivity index (χ1) is 4.77. The van der Waals surface area contributed by atoms with Crippen molar-refractivity contribution in [3.63, 3.8) is 0 Å². The van der Waals surface area contributed by atoms with E-state index < -0.39 is 24.5 Å². The van der Waals surface area contributed by atoms with Gasteiger partial charge >= 0.3 is 50.8 Å². The van der Waals surface area contributed by atoms with E-state index in [2.05, 4.69) is 6.58 Å². The molecule has 0 rings (SSSR count). The van der Waals surface area contributed by atoms with Crippen LogP contribution in [0.1, 0.15) is 0 Å². The van der Waals surface area contributed by atoms with E-state index in [-0.39, 0.29) is 0 Å². The van der Waals surface area contributed by atoms with Gasteiger partial charge in [0.15, 0.2) is 0 Å². The van der Waals surface area contributed by atoms with Crippen LogP contribution in [0, 0.1) is 0 Å². The van der Waals surface area contributed by atoms with Gasteiger partial charge in [0.25, 0.3) is 0 Å². The molecule has 0 atom stereocenters. The van der Waals surface area contributed by atoms with E-state index in [1.807, 2.05) is 0 Å². The smallest absolute Gasteiger partial charge is 0.418 e. The molecule has 0 unspecified atom stereocenters. The Kier molecular flexibility index (Phi) is 8.45. The van der Waals surface area contributed by atoms with Gasteiger partial charge < -0.3 is 17.3 Å². The van der Waals surface area contributed by atoms with Crippen molar-refractivity contribution < 1.29 is 34.5 Å². The predicted molar refractivity (Wildman–Crippen MR) is 33.6 cm³/mol. The fourth-order valence-electron chi connectivity index (χ4n) is 0.105. The number of rotatable bonds is 2. The molecule has 0 aliphatic heterocycles. The van der Waals surface area contributed by atoms with Crippen LogP contribution in [0.5, 0.6) is 0 Å². The van der Waals surface area contributed by atoms with E-state index in [4.69, 9.17) is 8.73 Å². The van der Waals surface area contributed by atoms with Crippen molar-refractivity contribution >= 4 is 7.25 Å². The van der Waals surface area contributed by atoms with E-state index in [9.17, 15) is 17.3 Å². The van der Waals surface area contributed by atoms with Crippen molar-refractivity contribution in [2.75, 3.05) is 0 Å². The molecule has 0 amide bonds. The largest absolute Gasteiger partial charge is 0.673 e. The molecule has 74 valence electrons. The van der Waals surface area contributed by atoms with Crippen LogP contribution in [0.15, 0.2) is 12.7 Å². The first kappa shape index (κ1) is 13.7. The first-order valence-electron chi connectivity index (χ1n) is 2.28. The minimum atomic E-state index is -6.00. The van der Waals surface area contributed by atoms with Crippen LogP contribution in [-0.2, 0) is 17.3 Å². The minimum absolute atomic E-state index is 0.811. The molecule has 11 heavy (non-hydrogen) atoms. The van der Waals surface area contributed by atoms with Gasteiger partial charge in [-0.25, -0.2) is 0 Å². The zero-order valence-corrected chi connectivity index (χ0v) is 7.11. The molecule has 8 heteroatoms. The summed E-state index contributed by atoms with van der Waals surface area (Å²) < 4.78 is 49.5. The first-order valence-corrected chi connectivity index (χ1v) is 5.17. The van der Waals surface area contributed by atoms with Crippen molar-refractivity contribution in [3.8, 4) is 0 Å². The van der Waals surface area contributed by atoms with E-state index in [1.54, 1.807) is 6.08 Å². The van der Waals surface area contributed by atoms with Crippen molar-refractivity contribution in [1.29, 1.82) is 0 Å². The van der Waals surface area contributed by atoms with Gasteiger partial charge in [-0.2, -0.15) is 0 Å². The average molecular weight is 266 g/mol. The van der Waals surface area contributed by atoms with E-state index >= 15 is 0 Å². The average Bonchev–Trinajstić information content (AvgIpc) is 1.58. The van der Waals surface area contributed by atoms with Gasteiger partial charge in [-0.05, 0) is 0 Å². The maximum Gasteiger partial charge on any atom is 0.673 e. The zero-order valence-electron chi connectivity index (χ0n) is 5.55. The van der Waals surface area contributed by atoms with Gasteiger partial charge in [0.1, 0.15) is 0 Å². The zero-order chi connectivity index (χ0) is 9.49. The van der Waals surface area contributed by atoms with Gasteiger partial charge in [0.05, 0.1) is 0 Å². The summed E-state index contributed by atoms with van der Waals surface area (Å²) in [5.41, 5.74) is 0. The molecule has 4 N–H and O–H groups in total. The SMILES string of the molecule is C=C[CH2][Pd-]([NH2])[NH2].F[B-](F)(F)F. The predicted octanol–water partition coefficient (Wildman–Crippen LogP) is 1.26. The molecule has 0 saturated carbocycles. The molecule has 0 radical (unpaired) electrons. The summed E-state index contributed by atoms with van der Waals surface area (Å²) in [5, 5.41) is 0. The van der Waals surface area contributed by atoms with Crippen molar-refractivity contribution in [3.05, 3.63) is 12.7 Å². The molecular formula is C3H9BF4N2Pd-2. The van der Waals surface area contributed by atoms with Crippen LogP contribution in [0.25, 0.3) is 0 Å². The van der Waals surface area contributed by atoms with E-state index in [0.717, 1.165) is 4.89 Å². The maximum atomic E-state index is 9.75. The molecule has 0 aromatic rings. The summed E-state index contributed by atoms with van der Waals surface area (Å²) in [6, 6.07) is 0. The topological polar surface area (TPSA) is 52.0 Å².